The first-order valence-corrected chi connectivity index (χ1v) is 11.1. The molecule has 1 spiro atoms. The number of alkyl halides is 4. The Morgan fingerprint density at radius 2 is 1.94 bits per heavy atom. The van der Waals surface area contributed by atoms with Crippen molar-refractivity contribution in [3.8, 4) is 0 Å². The second-order valence-corrected chi connectivity index (χ2v) is 9.42. The molecule has 2 fully saturated rings. The lowest BCUT2D eigenvalue weighted by molar-refractivity contribution is -0.143. The lowest BCUT2D eigenvalue weighted by Gasteiger charge is -2.42. The van der Waals surface area contributed by atoms with Gasteiger partial charge in [-0.1, -0.05) is 11.8 Å². The first kappa shape index (κ1) is 22.8. The molecule has 0 aromatic carbocycles. The Balaban J connectivity index is 1.59. The second-order valence-electron chi connectivity index (χ2n) is 8.37. The van der Waals surface area contributed by atoms with Crippen molar-refractivity contribution in [2.45, 2.75) is 53.9 Å². The standard InChI is InChI=1S/C20H24F4N6OS/c1-29-17(31)13(32-12-3-2-8-27-15(12)20(22,23)24)16(26)28-18(29)30-9-6-19(7-10-30)5-4-11(21)14(19)25/h2-3,8,11,14H,4-7,9-10,25-26H2,1H3. The summed E-state index contributed by atoms with van der Waals surface area (Å²) in [6.07, 6.45) is -2.08. The Morgan fingerprint density at radius 1 is 1.25 bits per heavy atom. The Labute approximate surface area is 186 Å². The van der Waals surface area contributed by atoms with Crippen LogP contribution in [0.15, 0.2) is 32.9 Å². The number of piperidine rings is 1. The van der Waals surface area contributed by atoms with Crippen LogP contribution in [0.4, 0.5) is 29.3 Å². The smallest absolute Gasteiger partial charge is 0.382 e. The van der Waals surface area contributed by atoms with E-state index in [0.29, 0.717) is 50.1 Å². The maximum Gasteiger partial charge on any atom is 0.434 e. The number of nitrogens with two attached hydrogens (primary N) is 2. The molecule has 0 bridgehead atoms. The fourth-order valence-corrected chi connectivity index (χ4v) is 5.66. The SMILES string of the molecule is Cn1c(N2CCC3(CCC(F)C3N)CC2)nc(N)c(Sc2cccnc2C(F)(F)F)c1=O. The summed E-state index contributed by atoms with van der Waals surface area (Å²) in [6.45, 7) is 1.07. The molecule has 2 atom stereocenters. The van der Waals surface area contributed by atoms with Gasteiger partial charge in [0.25, 0.3) is 5.56 Å². The van der Waals surface area contributed by atoms with Gasteiger partial charge >= 0.3 is 6.18 Å². The van der Waals surface area contributed by atoms with E-state index in [1.807, 2.05) is 4.90 Å². The van der Waals surface area contributed by atoms with E-state index in [1.165, 1.54) is 23.7 Å². The first-order valence-electron chi connectivity index (χ1n) is 10.2. The van der Waals surface area contributed by atoms with E-state index in [9.17, 15) is 22.4 Å². The van der Waals surface area contributed by atoms with Gasteiger partial charge in [-0.3, -0.25) is 14.3 Å². The monoisotopic (exact) mass is 472 g/mol. The van der Waals surface area contributed by atoms with E-state index >= 15 is 0 Å². The number of hydrogen-bond donors (Lipinski definition) is 2. The van der Waals surface area contributed by atoms with Gasteiger partial charge in [0.2, 0.25) is 5.95 Å². The molecule has 4 N–H and O–H groups in total. The fourth-order valence-electron chi connectivity index (χ4n) is 4.65. The summed E-state index contributed by atoms with van der Waals surface area (Å²) >= 11 is 0.600. The van der Waals surface area contributed by atoms with Crippen LogP contribution in [0.5, 0.6) is 0 Å². The molecule has 2 aliphatic rings. The zero-order chi connectivity index (χ0) is 23.3. The summed E-state index contributed by atoms with van der Waals surface area (Å²) in [5, 5.41) is 0. The van der Waals surface area contributed by atoms with Crippen LogP contribution < -0.4 is 21.9 Å². The van der Waals surface area contributed by atoms with E-state index in [1.54, 1.807) is 0 Å². The molecule has 174 valence electrons. The van der Waals surface area contributed by atoms with Crippen molar-refractivity contribution in [1.29, 1.82) is 0 Å². The van der Waals surface area contributed by atoms with Crippen LogP contribution in [0.1, 0.15) is 31.4 Å². The number of halogens is 4. The Bertz CT molecular complexity index is 1070. The zero-order valence-electron chi connectivity index (χ0n) is 17.4. The van der Waals surface area contributed by atoms with E-state index in [2.05, 4.69) is 9.97 Å². The van der Waals surface area contributed by atoms with Crippen LogP contribution in [-0.2, 0) is 13.2 Å². The van der Waals surface area contributed by atoms with Crippen molar-refractivity contribution in [2.75, 3.05) is 23.7 Å². The number of hydrogen-bond acceptors (Lipinski definition) is 7. The molecule has 4 rings (SSSR count). The Kier molecular flexibility index (Phi) is 5.86. The maximum absolute atomic E-state index is 14.0. The van der Waals surface area contributed by atoms with Crippen LogP contribution >= 0.6 is 11.8 Å². The average molecular weight is 473 g/mol. The number of anilines is 2. The predicted molar refractivity (Wildman–Crippen MR) is 113 cm³/mol. The highest BCUT2D eigenvalue weighted by atomic mass is 32.2. The summed E-state index contributed by atoms with van der Waals surface area (Å²) < 4.78 is 55.1. The second kappa shape index (κ2) is 8.22. The van der Waals surface area contributed by atoms with E-state index in [4.69, 9.17) is 11.5 Å². The average Bonchev–Trinajstić information content (AvgIpc) is 3.02. The van der Waals surface area contributed by atoms with Crippen molar-refractivity contribution in [3.63, 3.8) is 0 Å². The highest BCUT2D eigenvalue weighted by Gasteiger charge is 2.48. The third kappa shape index (κ3) is 3.94. The van der Waals surface area contributed by atoms with Crippen LogP contribution in [0, 0.1) is 5.41 Å². The number of rotatable bonds is 3. The van der Waals surface area contributed by atoms with Gasteiger partial charge in [-0.05, 0) is 43.2 Å². The highest BCUT2D eigenvalue weighted by Crippen LogP contribution is 2.47. The summed E-state index contributed by atoms with van der Waals surface area (Å²) in [5.74, 6) is 0.184. The number of pyridine rings is 1. The van der Waals surface area contributed by atoms with Gasteiger partial charge in [0.1, 0.15) is 16.9 Å². The minimum Gasteiger partial charge on any atom is -0.382 e. The molecule has 0 amide bonds. The van der Waals surface area contributed by atoms with Crippen molar-refractivity contribution in [1.82, 2.24) is 14.5 Å². The molecule has 12 heteroatoms. The van der Waals surface area contributed by atoms with Gasteiger partial charge in [0, 0.05) is 37.3 Å². The van der Waals surface area contributed by atoms with Gasteiger partial charge in [0.15, 0.2) is 5.69 Å². The van der Waals surface area contributed by atoms with Crippen molar-refractivity contribution in [2.24, 2.45) is 18.2 Å². The Hall–Kier alpha value is -2.34. The predicted octanol–water partition coefficient (Wildman–Crippen LogP) is 2.97. The molecule has 7 nitrogen and oxygen atoms in total. The summed E-state index contributed by atoms with van der Waals surface area (Å²) in [4.78, 5) is 22.3. The largest absolute Gasteiger partial charge is 0.434 e. The first-order chi connectivity index (χ1) is 15.0. The minimum atomic E-state index is -4.67. The van der Waals surface area contributed by atoms with Crippen molar-refractivity contribution in [3.05, 3.63) is 34.4 Å². The minimum absolute atomic E-state index is 0.0960. The number of aromatic nitrogens is 3. The van der Waals surface area contributed by atoms with Crippen molar-refractivity contribution >= 4 is 23.5 Å². The van der Waals surface area contributed by atoms with Gasteiger partial charge in [-0.25, -0.2) is 4.39 Å². The van der Waals surface area contributed by atoms with Gasteiger partial charge in [0.05, 0.1) is 0 Å². The molecule has 3 heterocycles. The highest BCUT2D eigenvalue weighted by molar-refractivity contribution is 7.99. The molecule has 1 saturated carbocycles. The fraction of sp³-hybridized carbons (Fsp3) is 0.550. The molecular formula is C20H24F4N6OS. The van der Waals surface area contributed by atoms with Crippen LogP contribution in [0.3, 0.4) is 0 Å². The quantitative estimate of drug-likeness (QED) is 0.662. The van der Waals surface area contributed by atoms with Gasteiger partial charge in [-0.15, -0.1) is 0 Å². The van der Waals surface area contributed by atoms with Crippen molar-refractivity contribution < 1.29 is 17.6 Å². The van der Waals surface area contributed by atoms with E-state index in [0.717, 1.165) is 12.6 Å². The molecule has 2 aromatic rings. The molecule has 1 saturated heterocycles. The topological polar surface area (TPSA) is 103 Å². The molecule has 32 heavy (non-hydrogen) atoms. The van der Waals surface area contributed by atoms with Crippen LogP contribution in [0.25, 0.3) is 0 Å². The van der Waals surface area contributed by atoms with Crippen LogP contribution in [-0.4, -0.2) is 39.8 Å². The molecule has 2 unspecified atom stereocenters. The van der Waals surface area contributed by atoms with E-state index < -0.39 is 29.6 Å². The summed E-state index contributed by atoms with van der Waals surface area (Å²) in [7, 11) is 1.51. The van der Waals surface area contributed by atoms with E-state index in [-0.39, 0.29) is 21.0 Å². The van der Waals surface area contributed by atoms with Crippen LogP contribution in [0.2, 0.25) is 0 Å². The third-order valence-electron chi connectivity index (χ3n) is 6.56. The molecule has 1 aliphatic heterocycles. The maximum atomic E-state index is 14.0. The molecule has 2 aromatic heterocycles. The number of nitrogens with zero attached hydrogens (tertiary/aromatic N) is 4. The molecule has 1 aliphatic carbocycles. The van der Waals surface area contributed by atoms with Gasteiger partial charge in [-0.2, -0.15) is 18.2 Å². The molecular weight excluding hydrogens is 448 g/mol. The molecule has 0 radical (unpaired) electrons. The lowest BCUT2D eigenvalue weighted by atomic mass is 9.74. The number of nitrogen functional groups attached to an aromatic ring is 1. The Morgan fingerprint density at radius 3 is 2.53 bits per heavy atom. The normalized spacial score (nSPS) is 23.1. The zero-order valence-corrected chi connectivity index (χ0v) is 18.2. The summed E-state index contributed by atoms with van der Waals surface area (Å²) in [6, 6.07) is 2.10. The third-order valence-corrected chi connectivity index (χ3v) is 7.70. The van der Waals surface area contributed by atoms with Gasteiger partial charge < -0.3 is 16.4 Å². The summed E-state index contributed by atoms with van der Waals surface area (Å²) in [5.41, 5.74) is 10.3. The lowest BCUT2D eigenvalue weighted by Crippen LogP contribution is -2.50.